The normalized spacial score (nSPS) is 10.7. The quantitative estimate of drug-likeness (QED) is 0.514. The topological polar surface area (TPSA) is 135 Å². The molecule has 0 aliphatic rings. The first kappa shape index (κ1) is 10.3. The molecule has 2 aromatic heterocycles. The standard InChI is InChI=1S/C10H10N8/c11-9-13-7(15-17-9)5-2-1-3-6(4-5)8-14-10(12)18-16-8/h1-4H,(H3,11,13,15,17)(H3,12,14,16,18). The Balaban J connectivity index is 2.04. The number of nitrogens with two attached hydrogens (primary N) is 2. The summed E-state index contributed by atoms with van der Waals surface area (Å²) in [6.07, 6.45) is 0. The van der Waals surface area contributed by atoms with Gasteiger partial charge in [0.25, 0.3) is 0 Å². The molecule has 0 saturated carbocycles. The van der Waals surface area contributed by atoms with Gasteiger partial charge in [0.05, 0.1) is 0 Å². The Hall–Kier alpha value is -2.90. The number of benzene rings is 1. The lowest BCUT2D eigenvalue weighted by molar-refractivity contribution is 1.10. The summed E-state index contributed by atoms with van der Waals surface area (Å²) in [6.45, 7) is 0. The van der Waals surface area contributed by atoms with Crippen molar-refractivity contribution in [1.29, 1.82) is 0 Å². The number of hydrogen-bond donors (Lipinski definition) is 4. The maximum absolute atomic E-state index is 5.47. The highest BCUT2D eigenvalue weighted by molar-refractivity contribution is 5.66. The smallest absolute Gasteiger partial charge is 0.239 e. The molecule has 8 heteroatoms. The van der Waals surface area contributed by atoms with Crippen LogP contribution in [0.1, 0.15) is 0 Å². The van der Waals surface area contributed by atoms with E-state index in [1.165, 1.54) is 0 Å². The minimum Gasteiger partial charge on any atom is -0.366 e. The van der Waals surface area contributed by atoms with Crippen LogP contribution in [0.4, 0.5) is 11.9 Å². The highest BCUT2D eigenvalue weighted by Crippen LogP contribution is 2.22. The second-order valence-corrected chi connectivity index (χ2v) is 3.67. The molecule has 0 fully saturated rings. The van der Waals surface area contributed by atoms with Crippen LogP contribution in [0.2, 0.25) is 0 Å². The molecular formula is C10H10N8. The molecule has 6 N–H and O–H groups in total. The fourth-order valence-corrected chi connectivity index (χ4v) is 1.62. The van der Waals surface area contributed by atoms with Gasteiger partial charge in [0.1, 0.15) is 0 Å². The van der Waals surface area contributed by atoms with E-state index in [2.05, 4.69) is 30.4 Å². The lowest BCUT2D eigenvalue weighted by Gasteiger charge is -1.99. The highest BCUT2D eigenvalue weighted by atomic mass is 15.3. The van der Waals surface area contributed by atoms with Crippen LogP contribution in [0.5, 0.6) is 0 Å². The first-order valence-electron chi connectivity index (χ1n) is 5.19. The van der Waals surface area contributed by atoms with Gasteiger partial charge >= 0.3 is 0 Å². The lowest BCUT2D eigenvalue weighted by Crippen LogP contribution is -1.87. The van der Waals surface area contributed by atoms with Crippen molar-refractivity contribution in [3.05, 3.63) is 24.3 Å². The average Bonchev–Trinajstić information content (AvgIpc) is 2.98. The SMILES string of the molecule is Nc1n[nH]c(-c2cccc(-c3nc(N)n[nH]3)c2)n1. The van der Waals surface area contributed by atoms with Gasteiger partial charge in [-0.1, -0.05) is 18.2 Å². The Kier molecular flexibility index (Phi) is 2.19. The molecule has 0 unspecified atom stereocenters. The molecule has 0 aliphatic carbocycles. The molecule has 2 heterocycles. The van der Waals surface area contributed by atoms with Gasteiger partial charge in [0.2, 0.25) is 11.9 Å². The van der Waals surface area contributed by atoms with Gasteiger partial charge in [-0.25, -0.2) is 0 Å². The summed E-state index contributed by atoms with van der Waals surface area (Å²) < 4.78 is 0. The van der Waals surface area contributed by atoms with E-state index in [-0.39, 0.29) is 11.9 Å². The van der Waals surface area contributed by atoms with E-state index in [0.29, 0.717) is 11.6 Å². The third-order valence-corrected chi connectivity index (χ3v) is 2.41. The number of anilines is 2. The summed E-state index contributed by atoms with van der Waals surface area (Å²) >= 11 is 0. The predicted octanol–water partition coefficient (Wildman–Crippen LogP) is 0.421. The van der Waals surface area contributed by atoms with E-state index in [9.17, 15) is 0 Å². The number of aromatic amines is 2. The van der Waals surface area contributed by atoms with Crippen LogP contribution in [-0.4, -0.2) is 30.4 Å². The number of nitrogens with one attached hydrogen (secondary N) is 2. The van der Waals surface area contributed by atoms with Crippen molar-refractivity contribution >= 4 is 11.9 Å². The van der Waals surface area contributed by atoms with Gasteiger partial charge in [0, 0.05) is 11.1 Å². The van der Waals surface area contributed by atoms with Crippen LogP contribution in [0, 0.1) is 0 Å². The zero-order chi connectivity index (χ0) is 12.5. The molecular weight excluding hydrogens is 232 g/mol. The van der Waals surface area contributed by atoms with Crippen LogP contribution in [0.25, 0.3) is 22.8 Å². The molecule has 90 valence electrons. The van der Waals surface area contributed by atoms with Gasteiger partial charge in [-0.3, -0.25) is 10.2 Å². The van der Waals surface area contributed by atoms with Crippen molar-refractivity contribution in [1.82, 2.24) is 30.4 Å². The number of nitrogens with zero attached hydrogens (tertiary/aromatic N) is 4. The summed E-state index contributed by atoms with van der Waals surface area (Å²) in [7, 11) is 0. The summed E-state index contributed by atoms with van der Waals surface area (Å²) in [4.78, 5) is 8.12. The van der Waals surface area contributed by atoms with Crippen molar-refractivity contribution in [2.75, 3.05) is 11.5 Å². The van der Waals surface area contributed by atoms with Gasteiger partial charge in [-0.15, -0.1) is 10.2 Å². The Morgan fingerprint density at radius 1 is 0.833 bits per heavy atom. The molecule has 0 spiro atoms. The molecule has 3 rings (SSSR count). The van der Waals surface area contributed by atoms with Gasteiger partial charge in [0.15, 0.2) is 11.6 Å². The first-order chi connectivity index (χ1) is 8.72. The molecule has 0 saturated heterocycles. The largest absolute Gasteiger partial charge is 0.366 e. The summed E-state index contributed by atoms with van der Waals surface area (Å²) in [5.74, 6) is 1.61. The molecule has 1 aromatic carbocycles. The molecule has 0 amide bonds. The third-order valence-electron chi connectivity index (χ3n) is 2.41. The number of hydrogen-bond acceptors (Lipinski definition) is 6. The molecule has 18 heavy (non-hydrogen) atoms. The van der Waals surface area contributed by atoms with Crippen molar-refractivity contribution in [3.8, 4) is 22.8 Å². The van der Waals surface area contributed by atoms with Crippen LogP contribution in [0.3, 0.4) is 0 Å². The van der Waals surface area contributed by atoms with E-state index >= 15 is 0 Å². The fraction of sp³-hybridized carbons (Fsp3) is 0. The molecule has 0 atom stereocenters. The molecule has 0 aliphatic heterocycles. The number of nitrogen functional groups attached to an aromatic ring is 2. The fourth-order valence-electron chi connectivity index (χ4n) is 1.62. The van der Waals surface area contributed by atoms with Crippen molar-refractivity contribution in [2.24, 2.45) is 0 Å². The Bertz CT molecular complexity index is 627. The Morgan fingerprint density at radius 2 is 1.33 bits per heavy atom. The Labute approximate surface area is 101 Å². The van der Waals surface area contributed by atoms with Crippen LogP contribution in [0.15, 0.2) is 24.3 Å². The van der Waals surface area contributed by atoms with Gasteiger partial charge < -0.3 is 11.5 Å². The maximum Gasteiger partial charge on any atom is 0.239 e. The molecule has 0 radical (unpaired) electrons. The summed E-state index contributed by atoms with van der Waals surface area (Å²) in [6, 6.07) is 7.55. The zero-order valence-corrected chi connectivity index (χ0v) is 9.25. The van der Waals surface area contributed by atoms with Crippen LogP contribution < -0.4 is 11.5 Å². The summed E-state index contributed by atoms with van der Waals surface area (Å²) in [5.41, 5.74) is 12.6. The van der Waals surface area contributed by atoms with Crippen LogP contribution >= 0.6 is 0 Å². The number of H-pyrrole nitrogens is 2. The van der Waals surface area contributed by atoms with Crippen molar-refractivity contribution in [3.63, 3.8) is 0 Å². The lowest BCUT2D eigenvalue weighted by atomic mass is 10.1. The van der Waals surface area contributed by atoms with E-state index in [1.54, 1.807) is 0 Å². The van der Waals surface area contributed by atoms with E-state index in [1.807, 2.05) is 24.3 Å². The molecule has 8 nitrogen and oxygen atoms in total. The minimum atomic E-state index is 0.208. The number of aromatic nitrogens is 6. The maximum atomic E-state index is 5.47. The summed E-state index contributed by atoms with van der Waals surface area (Å²) in [5, 5.41) is 13.1. The Morgan fingerprint density at radius 3 is 1.72 bits per heavy atom. The predicted molar refractivity (Wildman–Crippen MR) is 66.0 cm³/mol. The first-order valence-corrected chi connectivity index (χ1v) is 5.19. The molecule has 0 bridgehead atoms. The van der Waals surface area contributed by atoms with Gasteiger partial charge in [-0.05, 0) is 6.07 Å². The second kappa shape index (κ2) is 3.84. The van der Waals surface area contributed by atoms with E-state index in [4.69, 9.17) is 11.5 Å². The average molecular weight is 242 g/mol. The monoisotopic (exact) mass is 242 g/mol. The minimum absolute atomic E-state index is 0.208. The number of rotatable bonds is 2. The highest BCUT2D eigenvalue weighted by Gasteiger charge is 2.07. The van der Waals surface area contributed by atoms with E-state index in [0.717, 1.165) is 11.1 Å². The second-order valence-electron chi connectivity index (χ2n) is 3.67. The molecule has 3 aromatic rings. The van der Waals surface area contributed by atoms with E-state index < -0.39 is 0 Å². The van der Waals surface area contributed by atoms with Crippen molar-refractivity contribution < 1.29 is 0 Å². The van der Waals surface area contributed by atoms with Crippen molar-refractivity contribution in [2.45, 2.75) is 0 Å². The van der Waals surface area contributed by atoms with Gasteiger partial charge in [-0.2, -0.15) is 9.97 Å². The third kappa shape index (κ3) is 1.75. The zero-order valence-electron chi connectivity index (χ0n) is 9.25. The van der Waals surface area contributed by atoms with Crippen LogP contribution in [-0.2, 0) is 0 Å².